The van der Waals surface area contributed by atoms with Gasteiger partial charge in [-0.3, -0.25) is 4.90 Å². The maximum absolute atomic E-state index is 5.41. The summed E-state index contributed by atoms with van der Waals surface area (Å²) in [6.07, 6.45) is 1.05. The van der Waals surface area contributed by atoms with Gasteiger partial charge in [0.25, 0.3) is 0 Å². The molecule has 5 nitrogen and oxygen atoms in total. The fourth-order valence-corrected chi connectivity index (χ4v) is 2.21. The van der Waals surface area contributed by atoms with Crippen molar-refractivity contribution in [2.24, 2.45) is 5.73 Å². The molecule has 2 aromatic heterocycles. The Morgan fingerprint density at radius 2 is 2.41 bits per heavy atom. The Morgan fingerprint density at radius 1 is 1.53 bits per heavy atom. The smallest absolute Gasteiger partial charge is 0.240 e. The SMILES string of the molecule is CN(CCc1cccs1)Cc1noc(CN)n1. The molecule has 2 N–H and O–H groups in total. The Bertz CT molecular complexity index is 440. The molecule has 0 spiro atoms. The van der Waals surface area contributed by atoms with Gasteiger partial charge >= 0.3 is 0 Å². The lowest BCUT2D eigenvalue weighted by atomic mass is 10.3. The average Bonchev–Trinajstić information content (AvgIpc) is 2.97. The maximum atomic E-state index is 5.41. The van der Waals surface area contributed by atoms with Gasteiger partial charge in [0.1, 0.15) is 0 Å². The number of nitrogens with zero attached hydrogens (tertiary/aromatic N) is 3. The molecule has 0 aliphatic heterocycles. The minimum Gasteiger partial charge on any atom is -0.338 e. The number of rotatable bonds is 6. The van der Waals surface area contributed by atoms with Crippen molar-refractivity contribution < 1.29 is 4.52 Å². The van der Waals surface area contributed by atoms with Crippen molar-refractivity contribution in [2.45, 2.75) is 19.5 Å². The van der Waals surface area contributed by atoms with Gasteiger partial charge in [0, 0.05) is 11.4 Å². The fourth-order valence-electron chi connectivity index (χ4n) is 1.51. The quantitative estimate of drug-likeness (QED) is 0.838. The van der Waals surface area contributed by atoms with E-state index in [0.29, 0.717) is 24.8 Å². The van der Waals surface area contributed by atoms with E-state index < -0.39 is 0 Å². The number of aromatic nitrogens is 2. The highest BCUT2D eigenvalue weighted by Crippen LogP contribution is 2.10. The highest BCUT2D eigenvalue weighted by atomic mass is 32.1. The molecular weight excluding hydrogens is 236 g/mol. The van der Waals surface area contributed by atoms with Gasteiger partial charge in [-0.2, -0.15) is 4.98 Å². The van der Waals surface area contributed by atoms with E-state index in [0.717, 1.165) is 13.0 Å². The Hall–Kier alpha value is -1.24. The summed E-state index contributed by atoms with van der Waals surface area (Å²) in [7, 11) is 2.05. The first-order chi connectivity index (χ1) is 8.28. The number of thiophene rings is 1. The molecule has 0 bridgehead atoms. The topological polar surface area (TPSA) is 68.2 Å². The van der Waals surface area contributed by atoms with E-state index in [1.807, 2.05) is 7.05 Å². The third-order valence-electron chi connectivity index (χ3n) is 2.42. The number of likely N-dealkylation sites (N-methyl/N-ethyl adjacent to an activating group) is 1. The molecule has 0 aliphatic carbocycles. The van der Waals surface area contributed by atoms with E-state index >= 15 is 0 Å². The number of hydrogen-bond acceptors (Lipinski definition) is 6. The van der Waals surface area contributed by atoms with Crippen LogP contribution in [0.25, 0.3) is 0 Å². The highest BCUT2D eigenvalue weighted by Gasteiger charge is 2.07. The molecule has 0 aliphatic rings. The lowest BCUT2D eigenvalue weighted by Crippen LogP contribution is -2.21. The Kier molecular flexibility index (Phi) is 4.24. The first-order valence-corrected chi connectivity index (χ1v) is 6.38. The van der Waals surface area contributed by atoms with Crippen LogP contribution in [-0.2, 0) is 19.5 Å². The van der Waals surface area contributed by atoms with Gasteiger partial charge in [0.2, 0.25) is 5.89 Å². The monoisotopic (exact) mass is 252 g/mol. The normalized spacial score (nSPS) is 11.2. The molecule has 92 valence electrons. The predicted octanol–water partition coefficient (Wildman–Crippen LogP) is 1.26. The maximum Gasteiger partial charge on any atom is 0.240 e. The highest BCUT2D eigenvalue weighted by molar-refractivity contribution is 7.09. The third-order valence-corrected chi connectivity index (χ3v) is 3.35. The molecule has 0 saturated heterocycles. The van der Waals surface area contributed by atoms with Crippen LogP contribution in [0.2, 0.25) is 0 Å². The zero-order chi connectivity index (χ0) is 12.1. The van der Waals surface area contributed by atoms with Crippen molar-refractivity contribution in [3.05, 3.63) is 34.1 Å². The van der Waals surface area contributed by atoms with E-state index in [4.69, 9.17) is 10.3 Å². The Balaban J connectivity index is 1.78. The molecule has 2 aromatic rings. The summed E-state index contributed by atoms with van der Waals surface area (Å²) in [5.74, 6) is 1.19. The van der Waals surface area contributed by atoms with Crippen molar-refractivity contribution in [3.63, 3.8) is 0 Å². The minimum absolute atomic E-state index is 0.298. The van der Waals surface area contributed by atoms with Crippen molar-refractivity contribution in [1.82, 2.24) is 15.0 Å². The van der Waals surface area contributed by atoms with Gasteiger partial charge in [0.15, 0.2) is 5.82 Å². The van der Waals surface area contributed by atoms with Crippen LogP contribution in [0.15, 0.2) is 22.0 Å². The lowest BCUT2D eigenvalue weighted by molar-refractivity contribution is 0.310. The molecule has 6 heteroatoms. The Morgan fingerprint density at radius 3 is 3.06 bits per heavy atom. The second-order valence-corrected chi connectivity index (χ2v) is 4.91. The van der Waals surface area contributed by atoms with E-state index in [9.17, 15) is 0 Å². The van der Waals surface area contributed by atoms with Gasteiger partial charge in [-0.15, -0.1) is 11.3 Å². The summed E-state index contributed by atoms with van der Waals surface area (Å²) in [5, 5.41) is 5.97. The summed E-state index contributed by atoms with van der Waals surface area (Å²) >= 11 is 1.79. The average molecular weight is 252 g/mol. The zero-order valence-electron chi connectivity index (χ0n) is 9.80. The van der Waals surface area contributed by atoms with Crippen LogP contribution in [0.4, 0.5) is 0 Å². The molecule has 2 rings (SSSR count). The van der Waals surface area contributed by atoms with Crippen LogP contribution >= 0.6 is 11.3 Å². The predicted molar refractivity (Wildman–Crippen MR) is 66.5 cm³/mol. The second kappa shape index (κ2) is 5.90. The van der Waals surface area contributed by atoms with Crippen molar-refractivity contribution >= 4 is 11.3 Å². The van der Waals surface area contributed by atoms with Crippen molar-refractivity contribution in [3.8, 4) is 0 Å². The molecule has 0 saturated carbocycles. The molecule has 0 fully saturated rings. The summed E-state index contributed by atoms with van der Waals surface area (Å²) in [4.78, 5) is 7.74. The Labute approximate surface area is 104 Å². The molecule has 2 heterocycles. The largest absolute Gasteiger partial charge is 0.338 e. The molecule has 0 unspecified atom stereocenters. The van der Waals surface area contributed by atoms with Crippen LogP contribution < -0.4 is 5.73 Å². The van der Waals surface area contributed by atoms with Crippen molar-refractivity contribution in [1.29, 1.82) is 0 Å². The fraction of sp³-hybridized carbons (Fsp3) is 0.455. The van der Waals surface area contributed by atoms with Crippen molar-refractivity contribution in [2.75, 3.05) is 13.6 Å². The first kappa shape index (κ1) is 12.2. The van der Waals surface area contributed by atoms with Crippen LogP contribution in [0.3, 0.4) is 0 Å². The molecule has 0 atom stereocenters. The lowest BCUT2D eigenvalue weighted by Gasteiger charge is -2.13. The van der Waals surface area contributed by atoms with Crippen LogP contribution in [0.1, 0.15) is 16.6 Å². The van der Waals surface area contributed by atoms with Gasteiger partial charge < -0.3 is 10.3 Å². The molecular formula is C11H16N4OS. The zero-order valence-corrected chi connectivity index (χ0v) is 10.6. The second-order valence-electron chi connectivity index (χ2n) is 3.88. The van der Waals surface area contributed by atoms with Gasteiger partial charge in [-0.05, 0) is 24.9 Å². The van der Waals surface area contributed by atoms with E-state index in [-0.39, 0.29) is 0 Å². The standard InChI is InChI=1S/C11H16N4OS/c1-15(5-4-9-3-2-6-17-9)8-10-13-11(7-12)16-14-10/h2-3,6H,4-5,7-8,12H2,1H3. The number of nitrogens with two attached hydrogens (primary N) is 1. The molecule has 0 amide bonds. The van der Waals surface area contributed by atoms with Crippen LogP contribution in [-0.4, -0.2) is 28.6 Å². The molecule has 0 aromatic carbocycles. The van der Waals surface area contributed by atoms with E-state index in [1.54, 1.807) is 11.3 Å². The van der Waals surface area contributed by atoms with E-state index in [1.165, 1.54) is 4.88 Å². The number of hydrogen-bond donors (Lipinski definition) is 1. The summed E-state index contributed by atoms with van der Waals surface area (Å²) in [6.45, 7) is 1.97. The molecule has 17 heavy (non-hydrogen) atoms. The van der Waals surface area contributed by atoms with Gasteiger partial charge in [0.05, 0.1) is 13.1 Å². The van der Waals surface area contributed by atoms with E-state index in [2.05, 4.69) is 32.6 Å². The van der Waals surface area contributed by atoms with Crippen LogP contribution in [0.5, 0.6) is 0 Å². The molecule has 0 radical (unpaired) electrons. The third kappa shape index (κ3) is 3.62. The summed E-state index contributed by atoms with van der Waals surface area (Å²) < 4.78 is 4.95. The van der Waals surface area contributed by atoms with Gasteiger partial charge in [-0.25, -0.2) is 0 Å². The summed E-state index contributed by atoms with van der Waals surface area (Å²) in [6, 6.07) is 4.23. The first-order valence-electron chi connectivity index (χ1n) is 5.50. The minimum atomic E-state index is 0.298. The van der Waals surface area contributed by atoms with Gasteiger partial charge in [-0.1, -0.05) is 11.2 Å². The van der Waals surface area contributed by atoms with Crippen LogP contribution in [0, 0.1) is 0 Å². The summed E-state index contributed by atoms with van der Waals surface area (Å²) in [5.41, 5.74) is 5.41.